The van der Waals surface area contributed by atoms with Crippen LogP contribution in [0.4, 0.5) is 4.39 Å². The molecule has 0 aliphatic heterocycles. The summed E-state index contributed by atoms with van der Waals surface area (Å²) in [7, 11) is 0. The first kappa shape index (κ1) is 13.4. The van der Waals surface area contributed by atoms with Gasteiger partial charge < -0.3 is 0 Å². The average molecular weight is 278 g/mol. The maximum atomic E-state index is 13.8. The van der Waals surface area contributed by atoms with Crippen LogP contribution in [-0.2, 0) is 0 Å². The van der Waals surface area contributed by atoms with Crippen LogP contribution in [0.2, 0.25) is 0 Å². The van der Waals surface area contributed by atoms with Crippen molar-refractivity contribution < 1.29 is 4.39 Å². The molecule has 1 heterocycles. The Morgan fingerprint density at radius 1 is 0.762 bits per heavy atom. The zero-order chi connectivity index (χ0) is 14.8. The third kappa shape index (κ3) is 2.97. The summed E-state index contributed by atoms with van der Waals surface area (Å²) in [6.45, 7) is 4.01. The molecule has 0 amide bonds. The zero-order valence-electron chi connectivity index (χ0n) is 12.0. The Morgan fingerprint density at radius 3 is 2.24 bits per heavy atom. The van der Waals surface area contributed by atoms with Crippen LogP contribution in [0.5, 0.6) is 0 Å². The molecule has 0 unspecified atom stereocenters. The molecule has 1 aromatic heterocycles. The van der Waals surface area contributed by atoms with Gasteiger partial charge in [0.2, 0.25) is 5.95 Å². The molecule has 0 saturated heterocycles. The highest BCUT2D eigenvalue weighted by atomic mass is 19.1. The second-order valence-electron chi connectivity index (χ2n) is 5.14. The number of hydrogen-bond donors (Lipinski definition) is 0. The zero-order valence-corrected chi connectivity index (χ0v) is 12.0. The molecule has 2 aromatic carbocycles. The standard InChI is InChI=1S/C18H15FN2/c1-12-6-8-14(9-7-12)16-11-17(19)21-18(20-16)15-5-3-4-13(2)10-15/h3-11H,1-2H3. The highest BCUT2D eigenvalue weighted by Crippen LogP contribution is 2.23. The molecule has 0 saturated carbocycles. The number of hydrogen-bond acceptors (Lipinski definition) is 2. The fourth-order valence-corrected chi connectivity index (χ4v) is 2.20. The molecule has 3 heteroatoms. The second-order valence-corrected chi connectivity index (χ2v) is 5.14. The van der Waals surface area contributed by atoms with Crippen molar-refractivity contribution in [2.75, 3.05) is 0 Å². The predicted molar refractivity (Wildman–Crippen MR) is 82.3 cm³/mol. The lowest BCUT2D eigenvalue weighted by Crippen LogP contribution is -1.96. The maximum Gasteiger partial charge on any atom is 0.217 e. The largest absolute Gasteiger partial charge is 0.228 e. The lowest BCUT2D eigenvalue weighted by molar-refractivity contribution is 0.582. The van der Waals surface area contributed by atoms with Crippen LogP contribution in [0, 0.1) is 19.8 Å². The van der Waals surface area contributed by atoms with Crippen LogP contribution in [0.25, 0.3) is 22.6 Å². The van der Waals surface area contributed by atoms with E-state index >= 15 is 0 Å². The van der Waals surface area contributed by atoms with Crippen LogP contribution in [0.15, 0.2) is 54.6 Å². The minimum atomic E-state index is -0.517. The molecule has 104 valence electrons. The molecule has 2 nitrogen and oxygen atoms in total. The number of aryl methyl sites for hydroxylation is 2. The number of benzene rings is 2. The number of halogens is 1. The monoisotopic (exact) mass is 278 g/mol. The molecule has 0 bridgehead atoms. The molecule has 0 N–H and O–H groups in total. The smallest absolute Gasteiger partial charge is 0.217 e. The first-order valence-corrected chi connectivity index (χ1v) is 6.80. The van der Waals surface area contributed by atoms with E-state index in [9.17, 15) is 4.39 Å². The Labute approximate surface area is 123 Å². The minimum Gasteiger partial charge on any atom is -0.228 e. The van der Waals surface area contributed by atoms with Crippen molar-refractivity contribution in [2.24, 2.45) is 0 Å². The van der Waals surface area contributed by atoms with E-state index in [1.165, 1.54) is 6.07 Å². The Bertz CT molecular complexity index is 779. The molecule has 0 aliphatic carbocycles. The van der Waals surface area contributed by atoms with Crippen molar-refractivity contribution in [3.63, 3.8) is 0 Å². The summed E-state index contributed by atoms with van der Waals surface area (Å²) in [6.07, 6.45) is 0. The lowest BCUT2D eigenvalue weighted by atomic mass is 10.1. The summed E-state index contributed by atoms with van der Waals surface area (Å²) in [5, 5.41) is 0. The topological polar surface area (TPSA) is 25.8 Å². The summed E-state index contributed by atoms with van der Waals surface area (Å²) in [5.41, 5.74) is 4.56. The van der Waals surface area contributed by atoms with Gasteiger partial charge >= 0.3 is 0 Å². The molecule has 0 fully saturated rings. The van der Waals surface area contributed by atoms with Crippen molar-refractivity contribution in [3.8, 4) is 22.6 Å². The van der Waals surface area contributed by atoms with Gasteiger partial charge in [-0.25, -0.2) is 4.98 Å². The Kier molecular flexibility index (Phi) is 3.48. The van der Waals surface area contributed by atoms with Gasteiger partial charge in [-0.2, -0.15) is 9.37 Å². The second kappa shape index (κ2) is 5.44. The van der Waals surface area contributed by atoms with Crippen LogP contribution in [0.1, 0.15) is 11.1 Å². The van der Waals surface area contributed by atoms with Gasteiger partial charge in [0.25, 0.3) is 0 Å². The fraction of sp³-hybridized carbons (Fsp3) is 0.111. The normalized spacial score (nSPS) is 10.6. The maximum absolute atomic E-state index is 13.8. The summed E-state index contributed by atoms with van der Waals surface area (Å²) < 4.78 is 13.8. The Balaban J connectivity index is 2.10. The van der Waals surface area contributed by atoms with Gasteiger partial charge in [-0.15, -0.1) is 0 Å². The highest BCUT2D eigenvalue weighted by molar-refractivity contribution is 5.64. The third-order valence-electron chi connectivity index (χ3n) is 3.32. The summed E-state index contributed by atoms with van der Waals surface area (Å²) >= 11 is 0. The minimum absolute atomic E-state index is 0.411. The van der Waals surface area contributed by atoms with E-state index in [4.69, 9.17) is 0 Å². The Morgan fingerprint density at radius 2 is 1.52 bits per heavy atom. The third-order valence-corrected chi connectivity index (χ3v) is 3.32. The SMILES string of the molecule is Cc1ccc(-c2cc(F)nc(-c3cccc(C)c3)n2)cc1. The highest BCUT2D eigenvalue weighted by Gasteiger charge is 2.08. The quantitative estimate of drug-likeness (QED) is 0.642. The molecule has 3 rings (SSSR count). The number of aromatic nitrogens is 2. The predicted octanol–water partition coefficient (Wildman–Crippen LogP) is 4.57. The fourth-order valence-electron chi connectivity index (χ4n) is 2.20. The van der Waals surface area contributed by atoms with E-state index in [1.807, 2.05) is 62.4 Å². The van der Waals surface area contributed by atoms with Gasteiger partial charge in [-0.1, -0.05) is 53.6 Å². The van der Waals surface area contributed by atoms with Gasteiger partial charge in [0.05, 0.1) is 5.69 Å². The van der Waals surface area contributed by atoms with Crippen molar-refractivity contribution >= 4 is 0 Å². The van der Waals surface area contributed by atoms with Gasteiger partial charge in [0.1, 0.15) is 0 Å². The van der Waals surface area contributed by atoms with E-state index < -0.39 is 5.95 Å². The summed E-state index contributed by atoms with van der Waals surface area (Å²) in [4.78, 5) is 8.40. The van der Waals surface area contributed by atoms with Gasteiger partial charge in [-0.05, 0) is 19.9 Å². The first-order valence-electron chi connectivity index (χ1n) is 6.80. The average Bonchev–Trinajstić information content (AvgIpc) is 2.47. The van der Waals surface area contributed by atoms with Gasteiger partial charge in [-0.3, -0.25) is 0 Å². The van der Waals surface area contributed by atoms with Crippen molar-refractivity contribution in [1.29, 1.82) is 0 Å². The molecule has 21 heavy (non-hydrogen) atoms. The van der Waals surface area contributed by atoms with E-state index in [0.29, 0.717) is 11.5 Å². The van der Waals surface area contributed by atoms with Gasteiger partial charge in [0, 0.05) is 17.2 Å². The number of nitrogens with zero attached hydrogens (tertiary/aromatic N) is 2. The van der Waals surface area contributed by atoms with Gasteiger partial charge in [0.15, 0.2) is 5.82 Å². The van der Waals surface area contributed by atoms with Crippen LogP contribution in [-0.4, -0.2) is 9.97 Å². The van der Waals surface area contributed by atoms with Crippen molar-refractivity contribution in [2.45, 2.75) is 13.8 Å². The molecule has 0 radical (unpaired) electrons. The lowest BCUT2D eigenvalue weighted by Gasteiger charge is -2.06. The van der Waals surface area contributed by atoms with E-state index in [1.54, 1.807) is 0 Å². The molecule has 3 aromatic rings. The van der Waals surface area contributed by atoms with E-state index in [0.717, 1.165) is 22.3 Å². The molecular formula is C18H15FN2. The molecule has 0 aliphatic rings. The van der Waals surface area contributed by atoms with Crippen LogP contribution >= 0.6 is 0 Å². The number of rotatable bonds is 2. The molecule has 0 spiro atoms. The summed E-state index contributed by atoms with van der Waals surface area (Å²) in [6, 6.07) is 17.0. The first-order chi connectivity index (χ1) is 10.1. The van der Waals surface area contributed by atoms with Crippen molar-refractivity contribution in [3.05, 3.63) is 71.7 Å². The summed E-state index contributed by atoms with van der Waals surface area (Å²) in [5.74, 6) is -0.105. The van der Waals surface area contributed by atoms with Crippen molar-refractivity contribution in [1.82, 2.24) is 9.97 Å². The van der Waals surface area contributed by atoms with Crippen LogP contribution < -0.4 is 0 Å². The molecule has 0 atom stereocenters. The van der Waals surface area contributed by atoms with Crippen LogP contribution in [0.3, 0.4) is 0 Å². The molecular weight excluding hydrogens is 263 g/mol. The van der Waals surface area contributed by atoms with E-state index in [-0.39, 0.29) is 0 Å². The van der Waals surface area contributed by atoms with E-state index in [2.05, 4.69) is 9.97 Å². The Hall–Kier alpha value is -2.55.